The van der Waals surface area contributed by atoms with Crippen molar-refractivity contribution in [2.75, 3.05) is 7.05 Å². The fourth-order valence-corrected chi connectivity index (χ4v) is 1.74. The Bertz CT molecular complexity index is 472. The number of carboxylic acids is 1. The number of rotatable bonds is 7. The second-order valence-electron chi connectivity index (χ2n) is 4.16. The number of amides is 1. The highest BCUT2D eigenvalue weighted by Gasteiger charge is 2.19. The van der Waals surface area contributed by atoms with Crippen LogP contribution in [-0.2, 0) is 22.6 Å². The number of hydrogen-bond acceptors (Lipinski definition) is 3. The first-order chi connectivity index (χ1) is 9.06. The molecule has 0 spiro atoms. The van der Waals surface area contributed by atoms with Gasteiger partial charge in [-0.3, -0.25) is 4.79 Å². The molecule has 0 aliphatic carbocycles. The lowest BCUT2D eigenvalue weighted by atomic mass is 10.0. The molecular formula is C14H18N2O3. The maximum absolute atomic E-state index is 11.2. The van der Waals surface area contributed by atoms with Gasteiger partial charge < -0.3 is 15.7 Å². The average molecular weight is 262 g/mol. The molecule has 1 amide bonds. The zero-order valence-corrected chi connectivity index (χ0v) is 10.8. The van der Waals surface area contributed by atoms with E-state index in [1.54, 1.807) is 0 Å². The first kappa shape index (κ1) is 14.9. The molecule has 0 saturated carbocycles. The first-order valence-electron chi connectivity index (χ1n) is 5.95. The summed E-state index contributed by atoms with van der Waals surface area (Å²) in [4.78, 5) is 22.3. The van der Waals surface area contributed by atoms with Crippen LogP contribution in [0.15, 0.2) is 36.9 Å². The number of carboxylic acid groups (broad SMARTS) is 1. The van der Waals surface area contributed by atoms with E-state index >= 15 is 0 Å². The molecule has 19 heavy (non-hydrogen) atoms. The topological polar surface area (TPSA) is 78.4 Å². The van der Waals surface area contributed by atoms with Crippen molar-refractivity contribution < 1.29 is 14.7 Å². The maximum atomic E-state index is 11.2. The molecule has 1 rings (SSSR count). The number of carbonyl (C=O) groups is 2. The van der Waals surface area contributed by atoms with E-state index in [0.717, 1.165) is 17.2 Å². The Kier molecular flexibility index (Phi) is 5.75. The van der Waals surface area contributed by atoms with Crippen LogP contribution in [0.3, 0.4) is 0 Å². The second-order valence-corrected chi connectivity index (χ2v) is 4.16. The molecule has 102 valence electrons. The summed E-state index contributed by atoms with van der Waals surface area (Å²) >= 11 is 0. The van der Waals surface area contributed by atoms with Crippen LogP contribution in [0.5, 0.6) is 0 Å². The standard InChI is InChI=1S/C14H18N2O3/c1-3-13(17)16-12(14(18)19)8-10-5-4-6-11(7-10)9-15-2/h3-7,12,15H,1,8-9H2,2H3,(H,16,17)(H,18,19). The van der Waals surface area contributed by atoms with Crippen molar-refractivity contribution in [3.05, 3.63) is 48.0 Å². The average Bonchev–Trinajstić information content (AvgIpc) is 2.38. The van der Waals surface area contributed by atoms with Crippen molar-refractivity contribution in [2.24, 2.45) is 0 Å². The number of benzene rings is 1. The molecule has 1 unspecified atom stereocenters. The molecule has 0 aliphatic heterocycles. The molecule has 5 heteroatoms. The zero-order valence-electron chi connectivity index (χ0n) is 10.8. The van der Waals surface area contributed by atoms with Crippen LogP contribution in [0.4, 0.5) is 0 Å². The summed E-state index contributed by atoms with van der Waals surface area (Å²) in [6.07, 6.45) is 1.31. The van der Waals surface area contributed by atoms with Gasteiger partial charge in [-0.25, -0.2) is 4.79 Å². The normalized spacial score (nSPS) is 11.6. The van der Waals surface area contributed by atoms with Crippen LogP contribution in [0, 0.1) is 0 Å². The molecule has 0 radical (unpaired) electrons. The fraction of sp³-hybridized carbons (Fsp3) is 0.286. The van der Waals surface area contributed by atoms with Crippen molar-refractivity contribution in [3.63, 3.8) is 0 Å². The number of nitrogens with one attached hydrogen (secondary N) is 2. The van der Waals surface area contributed by atoms with Crippen LogP contribution < -0.4 is 10.6 Å². The second kappa shape index (κ2) is 7.33. The summed E-state index contributed by atoms with van der Waals surface area (Å²) in [6.45, 7) is 4.02. The molecule has 0 saturated heterocycles. The summed E-state index contributed by atoms with van der Waals surface area (Å²) < 4.78 is 0. The molecular weight excluding hydrogens is 244 g/mol. The molecule has 1 aromatic carbocycles. The maximum Gasteiger partial charge on any atom is 0.326 e. The van der Waals surface area contributed by atoms with E-state index < -0.39 is 17.9 Å². The van der Waals surface area contributed by atoms with E-state index in [-0.39, 0.29) is 6.42 Å². The summed E-state index contributed by atoms with van der Waals surface area (Å²) in [5.41, 5.74) is 1.93. The summed E-state index contributed by atoms with van der Waals surface area (Å²) in [6, 6.07) is 6.64. The lowest BCUT2D eigenvalue weighted by Gasteiger charge is -2.14. The molecule has 0 aromatic heterocycles. The van der Waals surface area contributed by atoms with Crippen LogP contribution in [0.1, 0.15) is 11.1 Å². The van der Waals surface area contributed by atoms with E-state index in [1.807, 2.05) is 31.3 Å². The van der Waals surface area contributed by atoms with Gasteiger partial charge in [0, 0.05) is 13.0 Å². The van der Waals surface area contributed by atoms with E-state index in [1.165, 1.54) is 0 Å². The van der Waals surface area contributed by atoms with Crippen molar-refractivity contribution in [3.8, 4) is 0 Å². The van der Waals surface area contributed by atoms with Gasteiger partial charge in [0.15, 0.2) is 0 Å². The van der Waals surface area contributed by atoms with Gasteiger partial charge in [-0.1, -0.05) is 30.8 Å². The van der Waals surface area contributed by atoms with Crippen LogP contribution in [-0.4, -0.2) is 30.1 Å². The monoisotopic (exact) mass is 262 g/mol. The van der Waals surface area contributed by atoms with Gasteiger partial charge in [0.1, 0.15) is 6.04 Å². The Morgan fingerprint density at radius 2 is 2.11 bits per heavy atom. The van der Waals surface area contributed by atoms with Gasteiger partial charge in [0.25, 0.3) is 0 Å². The Labute approximate surface area is 112 Å². The Hall–Kier alpha value is -2.14. The molecule has 0 fully saturated rings. The quantitative estimate of drug-likeness (QED) is 0.632. The number of carbonyl (C=O) groups excluding carboxylic acids is 1. The smallest absolute Gasteiger partial charge is 0.326 e. The minimum atomic E-state index is -1.06. The summed E-state index contributed by atoms with van der Waals surface area (Å²) in [5.74, 6) is -1.55. The highest BCUT2D eigenvalue weighted by Crippen LogP contribution is 2.08. The third-order valence-corrected chi connectivity index (χ3v) is 2.61. The predicted octanol–water partition coefficient (Wildman–Crippen LogP) is 0.704. The van der Waals surface area contributed by atoms with Crippen molar-refractivity contribution in [1.29, 1.82) is 0 Å². The third-order valence-electron chi connectivity index (χ3n) is 2.61. The highest BCUT2D eigenvalue weighted by molar-refractivity contribution is 5.90. The van der Waals surface area contributed by atoms with Crippen LogP contribution in [0.2, 0.25) is 0 Å². The molecule has 3 N–H and O–H groups in total. The van der Waals surface area contributed by atoms with Gasteiger partial charge in [-0.05, 0) is 24.3 Å². The predicted molar refractivity (Wildman–Crippen MR) is 72.7 cm³/mol. The van der Waals surface area contributed by atoms with Crippen molar-refractivity contribution in [2.45, 2.75) is 19.0 Å². The number of hydrogen-bond donors (Lipinski definition) is 3. The number of aliphatic carboxylic acids is 1. The lowest BCUT2D eigenvalue weighted by molar-refractivity contribution is -0.141. The Morgan fingerprint density at radius 3 is 2.68 bits per heavy atom. The van der Waals surface area contributed by atoms with Gasteiger partial charge in [0.2, 0.25) is 5.91 Å². The van der Waals surface area contributed by atoms with Crippen molar-refractivity contribution in [1.82, 2.24) is 10.6 Å². The summed E-state index contributed by atoms with van der Waals surface area (Å²) in [5, 5.41) is 14.5. The van der Waals surface area contributed by atoms with E-state index in [9.17, 15) is 9.59 Å². The van der Waals surface area contributed by atoms with Crippen molar-refractivity contribution >= 4 is 11.9 Å². The molecule has 1 aromatic rings. The Balaban J connectivity index is 2.78. The van der Waals surface area contributed by atoms with E-state index in [0.29, 0.717) is 6.54 Å². The fourth-order valence-electron chi connectivity index (χ4n) is 1.74. The molecule has 0 heterocycles. The van der Waals surface area contributed by atoms with Crippen LogP contribution >= 0.6 is 0 Å². The van der Waals surface area contributed by atoms with E-state index in [4.69, 9.17) is 5.11 Å². The lowest BCUT2D eigenvalue weighted by Crippen LogP contribution is -2.41. The largest absolute Gasteiger partial charge is 0.480 e. The van der Waals surface area contributed by atoms with Gasteiger partial charge in [-0.2, -0.15) is 0 Å². The Morgan fingerprint density at radius 1 is 1.42 bits per heavy atom. The van der Waals surface area contributed by atoms with Gasteiger partial charge >= 0.3 is 5.97 Å². The zero-order chi connectivity index (χ0) is 14.3. The minimum absolute atomic E-state index is 0.243. The van der Waals surface area contributed by atoms with Gasteiger partial charge in [-0.15, -0.1) is 0 Å². The molecule has 5 nitrogen and oxygen atoms in total. The first-order valence-corrected chi connectivity index (χ1v) is 5.95. The summed E-state index contributed by atoms with van der Waals surface area (Å²) in [7, 11) is 1.84. The van der Waals surface area contributed by atoms with Crippen LogP contribution in [0.25, 0.3) is 0 Å². The molecule has 0 aliphatic rings. The van der Waals surface area contributed by atoms with Gasteiger partial charge in [0.05, 0.1) is 0 Å². The van der Waals surface area contributed by atoms with E-state index in [2.05, 4.69) is 17.2 Å². The highest BCUT2D eigenvalue weighted by atomic mass is 16.4. The minimum Gasteiger partial charge on any atom is -0.480 e. The SMILES string of the molecule is C=CC(=O)NC(Cc1cccc(CNC)c1)C(=O)O. The molecule has 0 bridgehead atoms. The third kappa shape index (κ3) is 4.93. The molecule has 1 atom stereocenters.